The number of hydrazone groups is 1. The van der Waals surface area contributed by atoms with Gasteiger partial charge in [0.25, 0.3) is 0 Å². The predicted octanol–water partition coefficient (Wildman–Crippen LogP) is 6.25. The summed E-state index contributed by atoms with van der Waals surface area (Å²) in [6.45, 7) is 4.92. The second-order valence-corrected chi connectivity index (χ2v) is 8.61. The van der Waals surface area contributed by atoms with Gasteiger partial charge in [-0.1, -0.05) is 29.8 Å². The predicted molar refractivity (Wildman–Crippen MR) is 139 cm³/mol. The molecule has 0 bridgehead atoms. The second-order valence-electron chi connectivity index (χ2n) is 7.75. The number of carbonyl (C=O) groups is 1. The average Bonchev–Trinajstić information content (AvgIpc) is 3.27. The average molecular weight is 537 g/mol. The van der Waals surface area contributed by atoms with Crippen molar-refractivity contribution in [3.05, 3.63) is 87.6 Å². The minimum atomic E-state index is -0.459. The van der Waals surface area contributed by atoms with Gasteiger partial charge in [-0.05, 0) is 77.3 Å². The lowest BCUT2D eigenvalue weighted by Crippen LogP contribution is -2.16. The van der Waals surface area contributed by atoms with Gasteiger partial charge in [-0.15, -0.1) is 0 Å². The fourth-order valence-electron chi connectivity index (χ4n) is 3.52. The Balaban J connectivity index is 1.43. The van der Waals surface area contributed by atoms with Crippen LogP contribution in [0.15, 0.2) is 74.7 Å². The van der Waals surface area contributed by atoms with Crippen LogP contribution in [0.2, 0.25) is 0 Å². The number of halogens is 1. The Morgan fingerprint density at radius 1 is 1.11 bits per heavy atom. The van der Waals surface area contributed by atoms with Crippen molar-refractivity contribution in [1.29, 1.82) is 0 Å². The quantitative estimate of drug-likeness (QED) is 0.202. The van der Waals surface area contributed by atoms with Crippen LogP contribution >= 0.6 is 15.9 Å². The van der Waals surface area contributed by atoms with Crippen LogP contribution < -0.4 is 19.6 Å². The maximum Gasteiger partial charge on any atom is 0.307 e. The first kappa shape index (κ1) is 24.3. The zero-order chi connectivity index (χ0) is 24.8. The normalized spacial score (nSPS) is 11.1. The molecule has 7 nitrogen and oxygen atoms in total. The molecular formula is C27H25BrN2O5. The van der Waals surface area contributed by atoms with Gasteiger partial charge in [-0.25, -0.2) is 5.43 Å². The van der Waals surface area contributed by atoms with Gasteiger partial charge in [0, 0.05) is 5.39 Å². The van der Waals surface area contributed by atoms with Gasteiger partial charge in [-0.2, -0.15) is 5.10 Å². The Morgan fingerprint density at radius 2 is 1.97 bits per heavy atom. The molecule has 0 aliphatic carbocycles. The number of aryl methyl sites for hydroxylation is 1. The van der Waals surface area contributed by atoms with Crippen LogP contribution in [-0.4, -0.2) is 25.8 Å². The molecule has 0 saturated heterocycles. The van der Waals surface area contributed by atoms with Crippen molar-refractivity contribution in [2.45, 2.75) is 20.5 Å². The van der Waals surface area contributed by atoms with E-state index in [1.165, 1.54) is 11.8 Å². The van der Waals surface area contributed by atoms with Crippen LogP contribution in [0.5, 0.6) is 17.2 Å². The number of rotatable bonds is 9. The fraction of sp³-hybridized carbons (Fsp3) is 0.185. The Labute approximate surface area is 211 Å². The number of nitrogens with one attached hydrogen (secondary N) is 1. The monoisotopic (exact) mass is 536 g/mol. The Bertz CT molecular complexity index is 1380. The first-order chi connectivity index (χ1) is 17.0. The molecule has 1 aromatic heterocycles. The van der Waals surface area contributed by atoms with Crippen LogP contribution in [0.1, 0.15) is 34.2 Å². The molecule has 0 fully saturated rings. The van der Waals surface area contributed by atoms with E-state index in [1.807, 2.05) is 44.2 Å². The lowest BCUT2D eigenvalue weighted by atomic mass is 10.1. The molecule has 3 aromatic carbocycles. The van der Waals surface area contributed by atoms with Crippen molar-refractivity contribution in [3.63, 3.8) is 0 Å². The van der Waals surface area contributed by atoms with Crippen LogP contribution in [0, 0.1) is 6.92 Å². The molecule has 4 aromatic rings. The summed E-state index contributed by atoms with van der Waals surface area (Å²) in [5, 5.41) is 4.84. The second kappa shape index (κ2) is 11.1. The van der Waals surface area contributed by atoms with E-state index in [4.69, 9.17) is 18.6 Å². The summed E-state index contributed by atoms with van der Waals surface area (Å²) in [6.07, 6.45) is 1.52. The van der Waals surface area contributed by atoms with Crippen LogP contribution in [-0.2, 0) is 6.61 Å². The molecule has 1 N–H and O–H groups in total. The topological polar surface area (TPSA) is 82.3 Å². The van der Waals surface area contributed by atoms with E-state index in [0.717, 1.165) is 16.7 Å². The van der Waals surface area contributed by atoms with Crippen LogP contribution in [0.3, 0.4) is 0 Å². The van der Waals surface area contributed by atoms with E-state index in [-0.39, 0.29) is 5.76 Å². The van der Waals surface area contributed by atoms with E-state index in [2.05, 4.69) is 32.5 Å². The Hall–Kier alpha value is -3.78. The van der Waals surface area contributed by atoms with Gasteiger partial charge in [-0.3, -0.25) is 4.79 Å². The van der Waals surface area contributed by atoms with Gasteiger partial charge >= 0.3 is 5.91 Å². The molecular weight excluding hydrogens is 512 g/mol. The highest BCUT2D eigenvalue weighted by atomic mass is 79.9. The number of benzene rings is 3. The smallest absolute Gasteiger partial charge is 0.307 e. The van der Waals surface area contributed by atoms with E-state index >= 15 is 0 Å². The molecule has 0 aliphatic heterocycles. The molecule has 0 atom stereocenters. The number of furan rings is 1. The lowest BCUT2D eigenvalue weighted by Gasteiger charge is -2.13. The van der Waals surface area contributed by atoms with Gasteiger partial charge in [0.15, 0.2) is 17.3 Å². The third-order valence-electron chi connectivity index (χ3n) is 5.12. The number of fused-ring (bicyclic) bond motifs is 1. The number of nitrogens with zero attached hydrogens (tertiary/aromatic N) is 1. The van der Waals surface area contributed by atoms with Crippen molar-refractivity contribution in [1.82, 2.24) is 5.43 Å². The van der Waals surface area contributed by atoms with Crippen molar-refractivity contribution in [2.75, 3.05) is 13.7 Å². The van der Waals surface area contributed by atoms with Crippen LogP contribution in [0.4, 0.5) is 0 Å². The van der Waals surface area contributed by atoms with Crippen LogP contribution in [0.25, 0.3) is 11.0 Å². The minimum Gasteiger partial charge on any atom is -0.494 e. The first-order valence-corrected chi connectivity index (χ1v) is 11.8. The zero-order valence-electron chi connectivity index (χ0n) is 19.6. The summed E-state index contributed by atoms with van der Waals surface area (Å²) in [4.78, 5) is 12.5. The van der Waals surface area contributed by atoms with Crippen molar-refractivity contribution < 1.29 is 23.4 Å². The van der Waals surface area contributed by atoms with E-state index in [1.54, 1.807) is 31.4 Å². The molecule has 8 heteroatoms. The highest BCUT2D eigenvalue weighted by Crippen LogP contribution is 2.37. The Morgan fingerprint density at radius 3 is 2.74 bits per heavy atom. The highest BCUT2D eigenvalue weighted by Gasteiger charge is 2.14. The molecule has 0 saturated carbocycles. The zero-order valence-corrected chi connectivity index (χ0v) is 21.2. The number of amides is 1. The van der Waals surface area contributed by atoms with E-state index in [9.17, 15) is 4.79 Å². The molecule has 1 heterocycles. The summed E-state index contributed by atoms with van der Waals surface area (Å²) in [5.41, 5.74) is 6.03. The lowest BCUT2D eigenvalue weighted by molar-refractivity contribution is 0.0929. The maximum absolute atomic E-state index is 12.5. The molecule has 0 radical (unpaired) electrons. The number of methoxy groups -OCH3 is 1. The molecule has 180 valence electrons. The summed E-state index contributed by atoms with van der Waals surface area (Å²) < 4.78 is 23.3. The SMILES string of the molecule is CCOc1ccc2oc(C(=O)N/N=C/c3cc(Br)c(OCc4cccc(C)c4)c(OC)c3)cc2c1. The molecule has 35 heavy (non-hydrogen) atoms. The third kappa shape index (κ3) is 6.02. The molecule has 0 unspecified atom stereocenters. The fourth-order valence-corrected chi connectivity index (χ4v) is 4.10. The van der Waals surface area contributed by atoms with Gasteiger partial charge in [0.1, 0.15) is 17.9 Å². The van der Waals surface area contributed by atoms with Crippen molar-refractivity contribution in [3.8, 4) is 17.2 Å². The van der Waals surface area contributed by atoms with Gasteiger partial charge in [0.05, 0.1) is 24.4 Å². The third-order valence-corrected chi connectivity index (χ3v) is 5.71. The Kier molecular flexibility index (Phi) is 7.72. The molecule has 0 aliphatic rings. The number of hydrogen-bond donors (Lipinski definition) is 1. The van der Waals surface area contributed by atoms with E-state index in [0.29, 0.717) is 40.3 Å². The van der Waals surface area contributed by atoms with Gasteiger partial charge < -0.3 is 18.6 Å². The molecule has 1 amide bonds. The molecule has 4 rings (SSSR count). The molecule has 0 spiro atoms. The van der Waals surface area contributed by atoms with E-state index < -0.39 is 5.91 Å². The minimum absolute atomic E-state index is 0.157. The van der Waals surface area contributed by atoms with Gasteiger partial charge in [0.2, 0.25) is 0 Å². The summed E-state index contributed by atoms with van der Waals surface area (Å²) in [5.74, 6) is 1.55. The summed E-state index contributed by atoms with van der Waals surface area (Å²) in [6, 6.07) is 18.8. The number of ether oxygens (including phenoxy) is 3. The van der Waals surface area contributed by atoms with Crippen molar-refractivity contribution in [2.24, 2.45) is 5.10 Å². The largest absolute Gasteiger partial charge is 0.494 e. The van der Waals surface area contributed by atoms with Crippen molar-refractivity contribution >= 4 is 39.0 Å². The summed E-state index contributed by atoms with van der Waals surface area (Å²) in [7, 11) is 1.57. The number of carbonyl (C=O) groups excluding carboxylic acids is 1. The first-order valence-electron chi connectivity index (χ1n) is 11.0. The number of hydrogen-bond acceptors (Lipinski definition) is 6. The maximum atomic E-state index is 12.5. The summed E-state index contributed by atoms with van der Waals surface area (Å²) >= 11 is 3.54. The standard InChI is InChI=1S/C27H25BrN2O5/c1-4-33-21-8-9-23-20(13-21)14-25(35-23)27(31)30-29-15-19-11-22(28)26(24(12-19)32-3)34-16-18-7-5-6-17(2)10-18/h5-15H,4,16H2,1-3H3,(H,30,31)/b29-15+. The highest BCUT2D eigenvalue weighted by molar-refractivity contribution is 9.10.